The molecule has 3 aromatic rings. The lowest BCUT2D eigenvalue weighted by atomic mass is 10.1. The van der Waals surface area contributed by atoms with Crippen LogP contribution in [-0.4, -0.2) is 46.9 Å². The van der Waals surface area contributed by atoms with Crippen LogP contribution in [0.15, 0.2) is 57.6 Å². The van der Waals surface area contributed by atoms with Crippen molar-refractivity contribution in [2.24, 2.45) is 0 Å². The van der Waals surface area contributed by atoms with Crippen molar-refractivity contribution in [2.75, 3.05) is 31.5 Å². The molecule has 2 aromatic carbocycles. The number of thiazole rings is 1. The summed E-state index contributed by atoms with van der Waals surface area (Å²) in [7, 11) is 0. The number of carbonyl (C=O) groups is 1. The molecule has 1 fully saturated rings. The third-order valence-corrected chi connectivity index (χ3v) is 7.37. The number of aromatic nitrogens is 1. The number of para-hydroxylation sites is 2. The number of fused-ring (bicyclic) bond motifs is 2. The summed E-state index contributed by atoms with van der Waals surface area (Å²) in [6.45, 7) is 5.92. The van der Waals surface area contributed by atoms with Gasteiger partial charge in [0.05, 0.1) is 23.6 Å². The molecule has 7 heteroatoms. The highest BCUT2D eigenvalue weighted by Crippen LogP contribution is 2.47. The van der Waals surface area contributed by atoms with Crippen LogP contribution in [-0.2, 0) is 11.3 Å². The van der Waals surface area contributed by atoms with Gasteiger partial charge in [0.15, 0.2) is 0 Å². The molecule has 29 heavy (non-hydrogen) atoms. The van der Waals surface area contributed by atoms with Crippen LogP contribution in [0.4, 0.5) is 11.4 Å². The highest BCUT2D eigenvalue weighted by atomic mass is 32.2. The number of nitrogens with one attached hydrogen (secondary N) is 1. The van der Waals surface area contributed by atoms with Crippen LogP contribution in [0.2, 0.25) is 0 Å². The summed E-state index contributed by atoms with van der Waals surface area (Å²) in [5, 5.41) is 6.89. The lowest BCUT2D eigenvalue weighted by Gasteiger charge is -2.33. The number of carbonyl (C=O) groups excluding carboxylic acids is 1. The van der Waals surface area contributed by atoms with Crippen molar-refractivity contribution in [3.63, 3.8) is 0 Å². The summed E-state index contributed by atoms with van der Waals surface area (Å²) in [5.74, 6) is 0.168. The molecule has 3 heterocycles. The van der Waals surface area contributed by atoms with Gasteiger partial charge in [-0.2, -0.15) is 0 Å². The molecule has 1 amide bonds. The summed E-state index contributed by atoms with van der Waals surface area (Å²) >= 11 is 3.52. The number of hydrogen-bond acceptors (Lipinski definition) is 6. The zero-order valence-corrected chi connectivity index (χ0v) is 17.9. The first-order valence-corrected chi connectivity index (χ1v) is 11.5. The van der Waals surface area contributed by atoms with Crippen molar-refractivity contribution in [1.82, 2.24) is 14.8 Å². The van der Waals surface area contributed by atoms with Crippen LogP contribution < -0.4 is 5.32 Å². The van der Waals surface area contributed by atoms with Gasteiger partial charge in [-0.05, 0) is 18.2 Å². The molecule has 148 valence electrons. The number of anilines is 2. The van der Waals surface area contributed by atoms with Crippen molar-refractivity contribution in [3.8, 4) is 11.3 Å². The molecule has 5 nitrogen and oxygen atoms in total. The van der Waals surface area contributed by atoms with Crippen LogP contribution in [0, 0.1) is 0 Å². The quantitative estimate of drug-likeness (QED) is 0.519. The fraction of sp³-hybridized carbons (Fsp3) is 0.273. The fourth-order valence-electron chi connectivity index (χ4n) is 3.79. The highest BCUT2D eigenvalue weighted by molar-refractivity contribution is 7.99. The first kappa shape index (κ1) is 18.7. The minimum atomic E-state index is 0.168. The number of nitrogens with zero attached hydrogens (tertiary/aromatic N) is 3. The molecule has 5 rings (SSSR count). The Balaban J connectivity index is 1.34. The van der Waals surface area contributed by atoms with Crippen LogP contribution in [0.5, 0.6) is 0 Å². The second-order valence-corrected chi connectivity index (χ2v) is 9.34. The lowest BCUT2D eigenvalue weighted by molar-refractivity contribution is -0.130. The SMILES string of the molecule is CC(=O)N1CCN(Cc2nc(-c3cccc4c3Nc3ccccc3S4)cs2)CC1. The summed E-state index contributed by atoms with van der Waals surface area (Å²) in [4.78, 5) is 23.2. The van der Waals surface area contributed by atoms with Crippen molar-refractivity contribution < 1.29 is 4.79 Å². The van der Waals surface area contributed by atoms with E-state index in [-0.39, 0.29) is 5.91 Å². The van der Waals surface area contributed by atoms with Gasteiger partial charge in [-0.3, -0.25) is 9.69 Å². The van der Waals surface area contributed by atoms with Gasteiger partial charge >= 0.3 is 0 Å². The standard InChI is InChI=1S/C22H22N4OS2/c1-15(27)26-11-9-25(10-12-26)13-21-23-18(14-28-21)16-5-4-8-20-22(16)24-17-6-2-3-7-19(17)29-20/h2-8,14,24H,9-13H2,1H3. The van der Waals surface area contributed by atoms with E-state index in [0.717, 1.165) is 60.4 Å². The molecule has 0 saturated carbocycles. The Kier molecular flexibility index (Phi) is 5.03. The molecule has 0 aliphatic carbocycles. The van der Waals surface area contributed by atoms with Gasteiger partial charge < -0.3 is 10.2 Å². The Bertz CT molecular complexity index is 1060. The number of piperazine rings is 1. The van der Waals surface area contributed by atoms with E-state index in [1.807, 2.05) is 4.90 Å². The molecule has 2 aliphatic heterocycles. The van der Waals surface area contributed by atoms with Gasteiger partial charge in [0, 0.05) is 53.8 Å². The number of amides is 1. The number of hydrogen-bond donors (Lipinski definition) is 1. The molecule has 0 bridgehead atoms. The first-order chi connectivity index (χ1) is 14.2. The van der Waals surface area contributed by atoms with Crippen molar-refractivity contribution >= 4 is 40.4 Å². The molecule has 0 unspecified atom stereocenters. The maximum absolute atomic E-state index is 11.5. The van der Waals surface area contributed by atoms with E-state index in [1.54, 1.807) is 30.0 Å². The molecule has 1 aromatic heterocycles. The average molecular weight is 423 g/mol. The van der Waals surface area contributed by atoms with Crippen molar-refractivity contribution in [2.45, 2.75) is 23.3 Å². The van der Waals surface area contributed by atoms with Gasteiger partial charge in [0.1, 0.15) is 5.01 Å². The maximum atomic E-state index is 11.5. The normalized spacial score (nSPS) is 16.1. The zero-order chi connectivity index (χ0) is 19.8. The second kappa shape index (κ2) is 7.82. The number of rotatable bonds is 3. The van der Waals surface area contributed by atoms with Crippen LogP contribution in [0.25, 0.3) is 11.3 Å². The molecule has 1 saturated heterocycles. The fourth-order valence-corrected chi connectivity index (χ4v) is 5.65. The second-order valence-electron chi connectivity index (χ2n) is 7.31. The van der Waals surface area contributed by atoms with Gasteiger partial charge in [0.25, 0.3) is 0 Å². The average Bonchev–Trinajstić information content (AvgIpc) is 3.20. The van der Waals surface area contributed by atoms with E-state index in [4.69, 9.17) is 4.98 Å². The third kappa shape index (κ3) is 3.77. The van der Waals surface area contributed by atoms with E-state index in [0.29, 0.717) is 0 Å². The van der Waals surface area contributed by atoms with E-state index < -0.39 is 0 Å². The van der Waals surface area contributed by atoms with Crippen molar-refractivity contribution in [1.29, 1.82) is 0 Å². The van der Waals surface area contributed by atoms with Crippen LogP contribution in [0.3, 0.4) is 0 Å². The topological polar surface area (TPSA) is 48.5 Å². The maximum Gasteiger partial charge on any atom is 0.219 e. The molecule has 0 radical (unpaired) electrons. The number of benzene rings is 2. The summed E-state index contributed by atoms with van der Waals surface area (Å²) in [6, 6.07) is 14.8. The molecule has 2 aliphatic rings. The smallest absolute Gasteiger partial charge is 0.219 e. The molecular weight excluding hydrogens is 400 g/mol. The van der Waals surface area contributed by atoms with Gasteiger partial charge in [-0.15, -0.1) is 11.3 Å². The van der Waals surface area contributed by atoms with Gasteiger partial charge in [0.2, 0.25) is 5.91 Å². The molecular formula is C22H22N4OS2. The van der Waals surface area contributed by atoms with E-state index >= 15 is 0 Å². The van der Waals surface area contributed by atoms with E-state index in [2.05, 4.69) is 58.1 Å². The van der Waals surface area contributed by atoms with Gasteiger partial charge in [-0.25, -0.2) is 4.98 Å². The first-order valence-electron chi connectivity index (χ1n) is 9.77. The van der Waals surface area contributed by atoms with Gasteiger partial charge in [-0.1, -0.05) is 36.0 Å². The minimum Gasteiger partial charge on any atom is -0.353 e. The Labute approximate surface area is 178 Å². The summed E-state index contributed by atoms with van der Waals surface area (Å²) in [6.07, 6.45) is 0. The van der Waals surface area contributed by atoms with Crippen LogP contribution >= 0.6 is 23.1 Å². The molecule has 0 spiro atoms. The molecule has 0 atom stereocenters. The highest BCUT2D eigenvalue weighted by Gasteiger charge is 2.22. The minimum absolute atomic E-state index is 0.168. The Morgan fingerprint density at radius 2 is 1.86 bits per heavy atom. The monoisotopic (exact) mass is 422 g/mol. The Morgan fingerprint density at radius 3 is 2.69 bits per heavy atom. The molecule has 1 N–H and O–H groups in total. The summed E-state index contributed by atoms with van der Waals surface area (Å²) < 4.78 is 0. The zero-order valence-electron chi connectivity index (χ0n) is 16.2. The lowest BCUT2D eigenvalue weighted by Crippen LogP contribution is -2.47. The predicted octanol–water partition coefficient (Wildman–Crippen LogP) is 4.68. The van der Waals surface area contributed by atoms with Crippen LogP contribution in [0.1, 0.15) is 11.9 Å². The predicted molar refractivity (Wildman–Crippen MR) is 119 cm³/mol. The van der Waals surface area contributed by atoms with E-state index in [9.17, 15) is 4.79 Å². The largest absolute Gasteiger partial charge is 0.353 e. The third-order valence-electron chi connectivity index (χ3n) is 5.40. The Hall–Kier alpha value is -2.35. The van der Waals surface area contributed by atoms with E-state index in [1.165, 1.54) is 9.79 Å². The Morgan fingerprint density at radius 1 is 1.07 bits per heavy atom. The van der Waals surface area contributed by atoms with Crippen molar-refractivity contribution in [3.05, 3.63) is 52.9 Å². The summed E-state index contributed by atoms with van der Waals surface area (Å²) in [5.41, 5.74) is 4.46.